The van der Waals surface area contributed by atoms with Gasteiger partial charge < -0.3 is 14.4 Å². The number of benzene rings is 1. The van der Waals surface area contributed by atoms with Crippen LogP contribution in [-0.2, 0) is 23.2 Å². The number of rotatable bonds is 13. The number of aryl methyl sites for hydroxylation is 1. The maximum Gasteiger partial charge on any atom is 0.352 e. The van der Waals surface area contributed by atoms with E-state index in [1.54, 1.807) is 12.3 Å². The molecule has 170 valence electrons. The Balaban J connectivity index is 1.83. The maximum absolute atomic E-state index is 12.4. The standard InChI is InChI=1S/C26H37NO4/c1-5-6-7-8-9-10-11-20-12-14-22(15-13-20)31-19-21(28)18-27-17-16-23(26(2,3)4)24(27)25(29)30/h12-17H,5-11,18-19H2,1-4H3,(H,29,30). The van der Waals surface area contributed by atoms with Crippen LogP contribution in [0, 0.1) is 0 Å². The van der Waals surface area contributed by atoms with E-state index < -0.39 is 5.97 Å². The molecule has 1 N–H and O–H groups in total. The number of ketones is 1. The van der Waals surface area contributed by atoms with Gasteiger partial charge in [-0.2, -0.15) is 0 Å². The number of nitrogens with zero attached hydrogens (tertiary/aromatic N) is 1. The van der Waals surface area contributed by atoms with E-state index in [2.05, 4.69) is 19.1 Å². The molecule has 0 saturated carbocycles. The van der Waals surface area contributed by atoms with Crippen LogP contribution in [0.3, 0.4) is 0 Å². The number of Topliss-reactive ketones (excluding diaryl/α,β-unsaturated/α-hetero) is 1. The molecule has 1 aromatic carbocycles. The van der Waals surface area contributed by atoms with Crippen molar-refractivity contribution < 1.29 is 19.4 Å². The predicted octanol–water partition coefficient (Wildman–Crippen LogP) is 6.03. The third-order valence-corrected chi connectivity index (χ3v) is 5.46. The van der Waals surface area contributed by atoms with Crippen molar-refractivity contribution in [2.24, 2.45) is 0 Å². The van der Waals surface area contributed by atoms with Crippen molar-refractivity contribution in [1.82, 2.24) is 4.57 Å². The van der Waals surface area contributed by atoms with Gasteiger partial charge in [-0.25, -0.2) is 4.79 Å². The molecule has 0 amide bonds. The summed E-state index contributed by atoms with van der Waals surface area (Å²) in [7, 11) is 0. The number of carboxylic acids is 1. The van der Waals surface area contributed by atoms with Gasteiger partial charge in [0.2, 0.25) is 0 Å². The fourth-order valence-corrected chi connectivity index (χ4v) is 3.71. The summed E-state index contributed by atoms with van der Waals surface area (Å²) in [6.45, 7) is 8.00. The highest BCUT2D eigenvalue weighted by atomic mass is 16.5. The third-order valence-electron chi connectivity index (χ3n) is 5.46. The molecule has 5 heteroatoms. The van der Waals surface area contributed by atoms with Crippen LogP contribution < -0.4 is 4.74 Å². The molecule has 0 spiro atoms. The summed E-state index contributed by atoms with van der Waals surface area (Å²) in [6, 6.07) is 9.68. The van der Waals surface area contributed by atoms with Gasteiger partial charge in [0.1, 0.15) is 18.1 Å². The molecule has 1 aromatic heterocycles. The largest absolute Gasteiger partial charge is 0.486 e. The molecule has 2 rings (SSSR count). The Morgan fingerprint density at radius 2 is 1.61 bits per heavy atom. The van der Waals surface area contributed by atoms with Gasteiger partial charge >= 0.3 is 5.97 Å². The zero-order valence-corrected chi connectivity index (χ0v) is 19.4. The number of aromatic carboxylic acids is 1. The molecule has 0 saturated heterocycles. The van der Waals surface area contributed by atoms with E-state index >= 15 is 0 Å². The van der Waals surface area contributed by atoms with Crippen molar-refractivity contribution in [2.75, 3.05) is 6.61 Å². The van der Waals surface area contributed by atoms with Gasteiger partial charge in [0.15, 0.2) is 5.78 Å². The second-order valence-corrected chi connectivity index (χ2v) is 9.25. The molecule has 5 nitrogen and oxygen atoms in total. The van der Waals surface area contributed by atoms with Gasteiger partial charge in [-0.15, -0.1) is 0 Å². The van der Waals surface area contributed by atoms with Crippen molar-refractivity contribution in [1.29, 1.82) is 0 Å². The smallest absolute Gasteiger partial charge is 0.352 e. The average Bonchev–Trinajstić information content (AvgIpc) is 3.14. The number of hydrogen-bond acceptors (Lipinski definition) is 3. The first-order valence-electron chi connectivity index (χ1n) is 11.4. The van der Waals surface area contributed by atoms with Crippen molar-refractivity contribution in [3.05, 3.63) is 53.3 Å². The molecule has 2 aromatic rings. The van der Waals surface area contributed by atoms with Crippen molar-refractivity contribution >= 4 is 11.8 Å². The number of carboxylic acid groups (broad SMARTS) is 1. The highest BCUT2D eigenvalue weighted by Gasteiger charge is 2.25. The minimum absolute atomic E-state index is 0.0200. The molecule has 0 fully saturated rings. The highest BCUT2D eigenvalue weighted by molar-refractivity contribution is 5.89. The molecular formula is C26H37NO4. The van der Waals surface area contributed by atoms with E-state index in [1.807, 2.05) is 32.9 Å². The van der Waals surface area contributed by atoms with Crippen LogP contribution in [0.15, 0.2) is 36.5 Å². The molecule has 0 atom stereocenters. The van der Waals surface area contributed by atoms with Crippen LogP contribution in [0.2, 0.25) is 0 Å². The summed E-state index contributed by atoms with van der Waals surface area (Å²) < 4.78 is 7.13. The van der Waals surface area contributed by atoms with Crippen LogP contribution in [0.1, 0.15) is 87.8 Å². The molecule has 0 aliphatic rings. The monoisotopic (exact) mass is 427 g/mol. The number of hydrogen-bond donors (Lipinski definition) is 1. The Hall–Kier alpha value is -2.56. The van der Waals surface area contributed by atoms with Crippen LogP contribution in [-0.4, -0.2) is 28.0 Å². The minimum atomic E-state index is -1.02. The lowest BCUT2D eigenvalue weighted by atomic mass is 9.87. The Kier molecular flexibility index (Phi) is 9.35. The number of unbranched alkanes of at least 4 members (excludes halogenated alkanes) is 5. The van der Waals surface area contributed by atoms with E-state index in [1.165, 1.54) is 48.7 Å². The molecule has 0 unspecified atom stereocenters. The van der Waals surface area contributed by atoms with E-state index in [9.17, 15) is 14.7 Å². The van der Waals surface area contributed by atoms with Gasteiger partial charge in [0.05, 0.1) is 6.54 Å². The predicted molar refractivity (Wildman–Crippen MR) is 124 cm³/mol. The number of aromatic nitrogens is 1. The Bertz CT molecular complexity index is 843. The molecule has 0 radical (unpaired) electrons. The number of carbonyl (C=O) groups excluding carboxylic acids is 1. The second kappa shape index (κ2) is 11.7. The quantitative estimate of drug-likeness (QED) is 0.396. The molecule has 31 heavy (non-hydrogen) atoms. The van der Waals surface area contributed by atoms with Crippen LogP contribution in [0.25, 0.3) is 0 Å². The molecule has 0 bridgehead atoms. The van der Waals surface area contributed by atoms with Gasteiger partial charge in [-0.3, -0.25) is 4.79 Å². The minimum Gasteiger partial charge on any atom is -0.486 e. The lowest BCUT2D eigenvalue weighted by molar-refractivity contribution is -0.121. The summed E-state index contributed by atoms with van der Waals surface area (Å²) in [5.74, 6) is -0.541. The highest BCUT2D eigenvalue weighted by Crippen LogP contribution is 2.27. The van der Waals surface area contributed by atoms with E-state index in [-0.39, 0.29) is 30.0 Å². The first-order chi connectivity index (χ1) is 14.7. The third kappa shape index (κ3) is 7.89. The van der Waals surface area contributed by atoms with Gasteiger partial charge in [-0.1, -0.05) is 71.9 Å². The topological polar surface area (TPSA) is 68.5 Å². The van der Waals surface area contributed by atoms with E-state index in [4.69, 9.17) is 4.74 Å². The first kappa shape index (κ1) is 24.7. The second-order valence-electron chi connectivity index (χ2n) is 9.25. The summed E-state index contributed by atoms with van der Waals surface area (Å²) in [5.41, 5.74) is 1.85. The normalized spacial score (nSPS) is 11.5. The van der Waals surface area contributed by atoms with Crippen LogP contribution in [0.5, 0.6) is 5.75 Å². The lowest BCUT2D eigenvalue weighted by Gasteiger charge is -2.19. The van der Waals surface area contributed by atoms with Crippen LogP contribution in [0.4, 0.5) is 0 Å². The summed E-state index contributed by atoms with van der Waals surface area (Å²) in [5, 5.41) is 9.60. The first-order valence-corrected chi connectivity index (χ1v) is 11.4. The SMILES string of the molecule is CCCCCCCCc1ccc(OCC(=O)Cn2ccc(C(C)(C)C)c2C(=O)O)cc1. The summed E-state index contributed by atoms with van der Waals surface area (Å²) in [4.78, 5) is 24.1. The van der Waals surface area contributed by atoms with Gasteiger partial charge in [0.25, 0.3) is 0 Å². The van der Waals surface area contributed by atoms with Gasteiger partial charge in [0, 0.05) is 6.20 Å². The molecule has 1 heterocycles. The number of ether oxygens (including phenoxy) is 1. The van der Waals surface area contributed by atoms with E-state index in [0.29, 0.717) is 5.75 Å². The van der Waals surface area contributed by atoms with Crippen molar-refractivity contribution in [3.8, 4) is 5.75 Å². The van der Waals surface area contributed by atoms with Crippen LogP contribution >= 0.6 is 0 Å². The zero-order valence-electron chi connectivity index (χ0n) is 19.4. The van der Waals surface area contributed by atoms with Crippen molar-refractivity contribution in [3.63, 3.8) is 0 Å². The molecule has 0 aliphatic heterocycles. The molecule has 0 aliphatic carbocycles. The zero-order chi connectivity index (χ0) is 22.9. The Morgan fingerprint density at radius 3 is 2.23 bits per heavy atom. The fraction of sp³-hybridized carbons (Fsp3) is 0.538. The summed E-state index contributed by atoms with van der Waals surface area (Å²) in [6.07, 6.45) is 10.4. The average molecular weight is 428 g/mol. The Labute approximate surface area is 186 Å². The fourth-order valence-electron chi connectivity index (χ4n) is 3.71. The maximum atomic E-state index is 12.4. The lowest BCUT2D eigenvalue weighted by Crippen LogP contribution is -2.22. The van der Waals surface area contributed by atoms with Crippen molar-refractivity contribution in [2.45, 2.75) is 84.6 Å². The molecular weight excluding hydrogens is 390 g/mol. The van der Waals surface area contributed by atoms with E-state index in [0.717, 1.165) is 12.0 Å². The van der Waals surface area contributed by atoms with Gasteiger partial charge in [-0.05, 0) is 47.6 Å². The summed E-state index contributed by atoms with van der Waals surface area (Å²) >= 11 is 0. The number of carbonyl (C=O) groups is 2. The Morgan fingerprint density at radius 1 is 0.968 bits per heavy atom.